The molecule has 0 saturated carbocycles. The van der Waals surface area contributed by atoms with E-state index in [2.05, 4.69) is 4.99 Å². The second-order valence-electron chi connectivity index (χ2n) is 6.44. The molecule has 1 unspecified atom stereocenters. The van der Waals surface area contributed by atoms with Gasteiger partial charge in [0.15, 0.2) is 4.80 Å². The summed E-state index contributed by atoms with van der Waals surface area (Å²) in [5.74, 6) is -2.44. The van der Waals surface area contributed by atoms with Crippen molar-refractivity contribution in [3.05, 3.63) is 64.0 Å². The molecule has 1 N–H and O–H groups in total. The predicted octanol–water partition coefficient (Wildman–Crippen LogP) is 5.13. The first-order chi connectivity index (χ1) is 14.3. The van der Waals surface area contributed by atoms with Crippen molar-refractivity contribution in [3.63, 3.8) is 0 Å². The van der Waals surface area contributed by atoms with Crippen LogP contribution in [-0.2, 0) is 17.1 Å². The lowest BCUT2D eigenvalue weighted by molar-refractivity contribution is -0.140. The number of nitrogens with zero attached hydrogens (tertiary/aromatic N) is 2. The summed E-state index contributed by atoms with van der Waals surface area (Å²) in [5, 5.41) is 9.35. The van der Waals surface area contributed by atoms with E-state index >= 15 is 0 Å². The molecule has 1 atom stereocenters. The summed E-state index contributed by atoms with van der Waals surface area (Å²) in [6.07, 6.45) is -9.34. The van der Waals surface area contributed by atoms with Crippen molar-refractivity contribution < 1.29 is 41.0 Å². The van der Waals surface area contributed by atoms with Gasteiger partial charge in [-0.3, -0.25) is 4.79 Å². The molecule has 0 bridgehead atoms. The second-order valence-corrected chi connectivity index (χ2v) is 7.45. The Bertz CT molecular complexity index is 1240. The molecule has 164 valence electrons. The van der Waals surface area contributed by atoms with Crippen molar-refractivity contribution in [2.24, 2.45) is 4.99 Å². The number of fused-ring (bicyclic) bond motifs is 1. The van der Waals surface area contributed by atoms with Crippen LogP contribution in [0.3, 0.4) is 0 Å². The topological polar surface area (TPSA) is 71.7 Å². The lowest BCUT2D eigenvalue weighted by Crippen LogP contribution is -2.25. The number of carboxylic acid groups (broad SMARTS) is 1. The van der Waals surface area contributed by atoms with Gasteiger partial charge in [0.05, 0.1) is 21.3 Å². The molecule has 5 nitrogen and oxygen atoms in total. The van der Waals surface area contributed by atoms with E-state index in [4.69, 9.17) is 0 Å². The third kappa shape index (κ3) is 4.63. The minimum atomic E-state index is -4.69. The van der Waals surface area contributed by atoms with Crippen LogP contribution in [-0.4, -0.2) is 21.6 Å². The standard InChI is InChI=1S/C19H12F6N2O3S/c1-9(16(29)30)27-13-6-5-12(19(23,24)25)8-14(13)31-17(27)26-15(28)10-3-2-4-11(7-10)18(20,21)22/h2-9H,1H3,(H,29,30)/b26-17-. The van der Waals surface area contributed by atoms with Gasteiger partial charge >= 0.3 is 18.3 Å². The van der Waals surface area contributed by atoms with Gasteiger partial charge in [0.25, 0.3) is 5.91 Å². The Labute approximate surface area is 173 Å². The van der Waals surface area contributed by atoms with Gasteiger partial charge in [-0.2, -0.15) is 31.3 Å². The zero-order valence-electron chi connectivity index (χ0n) is 15.5. The molecule has 0 fully saturated rings. The van der Waals surface area contributed by atoms with E-state index in [0.717, 1.165) is 41.0 Å². The fourth-order valence-electron chi connectivity index (χ4n) is 2.76. The fraction of sp³-hybridized carbons (Fsp3) is 0.211. The van der Waals surface area contributed by atoms with Crippen molar-refractivity contribution in [1.29, 1.82) is 0 Å². The summed E-state index contributed by atoms with van der Waals surface area (Å²) in [4.78, 5) is 27.4. The number of hydrogen-bond donors (Lipinski definition) is 1. The van der Waals surface area contributed by atoms with Crippen molar-refractivity contribution >= 4 is 33.4 Å². The van der Waals surface area contributed by atoms with E-state index in [9.17, 15) is 41.0 Å². The van der Waals surface area contributed by atoms with Gasteiger partial charge in [-0.1, -0.05) is 17.4 Å². The van der Waals surface area contributed by atoms with Crippen LogP contribution < -0.4 is 4.80 Å². The molecule has 1 aromatic heterocycles. The van der Waals surface area contributed by atoms with Crippen molar-refractivity contribution in [2.75, 3.05) is 0 Å². The maximum atomic E-state index is 13.0. The molecular formula is C19H12F6N2O3S. The molecule has 0 saturated heterocycles. The number of aromatic nitrogens is 1. The van der Waals surface area contributed by atoms with Crippen LogP contribution in [0.5, 0.6) is 0 Å². The molecule has 12 heteroatoms. The maximum absolute atomic E-state index is 13.0. The van der Waals surface area contributed by atoms with Crippen molar-refractivity contribution in [3.8, 4) is 0 Å². The number of rotatable bonds is 3. The van der Waals surface area contributed by atoms with E-state index in [-0.39, 0.29) is 15.0 Å². The molecule has 1 heterocycles. The Kier molecular flexibility index (Phi) is 5.70. The summed E-state index contributed by atoms with van der Waals surface area (Å²) < 4.78 is 78.8. The number of carboxylic acids is 1. The van der Waals surface area contributed by atoms with Gasteiger partial charge in [0.2, 0.25) is 0 Å². The zero-order valence-corrected chi connectivity index (χ0v) is 16.3. The number of carbonyl (C=O) groups excluding carboxylic acids is 1. The normalized spacial score (nSPS) is 14.1. The number of amides is 1. The SMILES string of the molecule is CC(C(=O)O)n1/c(=N/C(=O)c2cccc(C(F)(F)F)c2)sc2cc(C(F)(F)F)ccc21. The first-order valence-corrected chi connectivity index (χ1v) is 9.32. The lowest BCUT2D eigenvalue weighted by Gasteiger charge is -2.11. The van der Waals surface area contributed by atoms with Crippen LogP contribution in [0.15, 0.2) is 47.5 Å². The quantitative estimate of drug-likeness (QED) is 0.549. The largest absolute Gasteiger partial charge is 0.480 e. The third-order valence-corrected chi connectivity index (χ3v) is 5.35. The van der Waals surface area contributed by atoms with Crippen LogP contribution in [0.4, 0.5) is 26.3 Å². The van der Waals surface area contributed by atoms with Crippen molar-refractivity contribution in [2.45, 2.75) is 25.3 Å². The molecule has 0 radical (unpaired) electrons. The van der Waals surface area contributed by atoms with Gasteiger partial charge in [0, 0.05) is 5.56 Å². The summed E-state index contributed by atoms with van der Waals surface area (Å²) in [7, 11) is 0. The Hall–Kier alpha value is -3.15. The minimum Gasteiger partial charge on any atom is -0.480 e. The summed E-state index contributed by atoms with van der Waals surface area (Å²) in [6.45, 7) is 1.24. The minimum absolute atomic E-state index is 0.0125. The molecule has 2 aromatic carbocycles. The van der Waals surface area contributed by atoms with Crippen molar-refractivity contribution in [1.82, 2.24) is 4.57 Å². The smallest absolute Gasteiger partial charge is 0.416 e. The fourth-order valence-corrected chi connectivity index (χ4v) is 3.90. The number of halogens is 6. The number of carbonyl (C=O) groups is 2. The molecule has 0 spiro atoms. The third-order valence-electron chi connectivity index (χ3n) is 4.33. The lowest BCUT2D eigenvalue weighted by atomic mass is 10.1. The van der Waals surface area contributed by atoms with E-state index in [1.807, 2.05) is 0 Å². The zero-order chi connectivity index (χ0) is 23.1. The van der Waals surface area contributed by atoms with Gasteiger partial charge in [-0.15, -0.1) is 0 Å². The van der Waals surface area contributed by atoms with Gasteiger partial charge in [-0.25, -0.2) is 4.79 Å². The number of alkyl halides is 6. The number of thiazole rings is 1. The summed E-state index contributed by atoms with van der Waals surface area (Å²) in [5.41, 5.74) is -2.38. The highest BCUT2D eigenvalue weighted by molar-refractivity contribution is 7.16. The van der Waals surface area contributed by atoms with Gasteiger partial charge in [-0.05, 0) is 43.3 Å². The van der Waals surface area contributed by atoms with E-state index in [0.29, 0.717) is 17.4 Å². The first-order valence-electron chi connectivity index (χ1n) is 8.50. The monoisotopic (exact) mass is 462 g/mol. The average molecular weight is 462 g/mol. The Morgan fingerprint density at radius 2 is 1.61 bits per heavy atom. The molecule has 0 aliphatic rings. The number of aliphatic carboxylic acids is 1. The summed E-state index contributed by atoms with van der Waals surface area (Å²) in [6, 6.07) is 4.77. The van der Waals surface area contributed by atoms with Crippen LogP contribution in [0.25, 0.3) is 10.2 Å². The Balaban J connectivity index is 2.20. The molecule has 0 aliphatic carbocycles. The molecule has 3 aromatic rings. The first kappa shape index (κ1) is 22.5. The van der Waals surface area contributed by atoms with Gasteiger partial charge in [0.1, 0.15) is 6.04 Å². The van der Waals surface area contributed by atoms with E-state index < -0.39 is 47.0 Å². The van der Waals surface area contributed by atoms with E-state index in [1.165, 1.54) is 6.92 Å². The molecule has 1 amide bonds. The van der Waals surface area contributed by atoms with Crippen LogP contribution in [0, 0.1) is 0 Å². The van der Waals surface area contributed by atoms with Crippen LogP contribution in [0.2, 0.25) is 0 Å². The molecular weight excluding hydrogens is 450 g/mol. The molecule has 3 rings (SSSR count). The predicted molar refractivity (Wildman–Crippen MR) is 98.5 cm³/mol. The Morgan fingerprint density at radius 1 is 1.00 bits per heavy atom. The van der Waals surface area contributed by atoms with Crippen LogP contribution in [0.1, 0.15) is 34.5 Å². The summed E-state index contributed by atoms with van der Waals surface area (Å²) >= 11 is 0.623. The van der Waals surface area contributed by atoms with Gasteiger partial charge < -0.3 is 9.67 Å². The van der Waals surface area contributed by atoms with Crippen LogP contribution >= 0.6 is 11.3 Å². The number of benzene rings is 2. The average Bonchev–Trinajstić information content (AvgIpc) is 3.02. The maximum Gasteiger partial charge on any atom is 0.416 e. The Morgan fingerprint density at radius 3 is 2.19 bits per heavy atom. The number of hydrogen-bond acceptors (Lipinski definition) is 3. The molecule has 31 heavy (non-hydrogen) atoms. The molecule has 0 aliphatic heterocycles. The second kappa shape index (κ2) is 7.84. The highest BCUT2D eigenvalue weighted by atomic mass is 32.1. The highest BCUT2D eigenvalue weighted by Gasteiger charge is 2.32. The van der Waals surface area contributed by atoms with E-state index in [1.54, 1.807) is 0 Å². The highest BCUT2D eigenvalue weighted by Crippen LogP contribution is 2.33.